The molecule has 118 valence electrons. The van der Waals surface area contributed by atoms with Crippen LogP contribution in [0.5, 0.6) is 0 Å². The van der Waals surface area contributed by atoms with Gasteiger partial charge in [0.2, 0.25) is 0 Å². The summed E-state index contributed by atoms with van der Waals surface area (Å²) in [6.45, 7) is 5.62. The number of carboxylic acids is 1. The highest BCUT2D eigenvalue weighted by Crippen LogP contribution is 2.22. The molecule has 0 aliphatic heterocycles. The van der Waals surface area contributed by atoms with Crippen LogP contribution in [0, 0.1) is 10.1 Å². The summed E-state index contributed by atoms with van der Waals surface area (Å²) >= 11 is 0. The van der Waals surface area contributed by atoms with Crippen molar-refractivity contribution in [2.24, 2.45) is 0 Å². The van der Waals surface area contributed by atoms with Gasteiger partial charge in [-0.25, -0.2) is 4.79 Å². The van der Waals surface area contributed by atoms with Gasteiger partial charge in [0.05, 0.1) is 10.6 Å². The molecule has 0 aliphatic rings. The van der Waals surface area contributed by atoms with E-state index >= 15 is 0 Å². The van der Waals surface area contributed by atoms with Crippen molar-refractivity contribution in [3.05, 3.63) is 74.6 Å². The van der Waals surface area contributed by atoms with Crippen molar-refractivity contribution in [3.63, 3.8) is 0 Å². The molecule has 23 heavy (non-hydrogen) atoms. The molecule has 1 N–H and O–H groups in total. The minimum Gasteiger partial charge on any atom is -0.477 e. The summed E-state index contributed by atoms with van der Waals surface area (Å²) in [5.74, 6) is -1.30. The molecule has 0 unspecified atom stereocenters. The van der Waals surface area contributed by atoms with Crippen LogP contribution in [0.15, 0.2) is 53.3 Å². The predicted molar refractivity (Wildman–Crippen MR) is 84.6 cm³/mol. The van der Waals surface area contributed by atoms with Crippen molar-refractivity contribution in [1.82, 2.24) is 4.57 Å². The molecule has 2 rings (SSSR count). The van der Waals surface area contributed by atoms with Crippen LogP contribution in [0.3, 0.4) is 0 Å². The third kappa shape index (κ3) is 3.34. The van der Waals surface area contributed by atoms with Crippen LogP contribution in [0.25, 0.3) is 11.3 Å². The van der Waals surface area contributed by atoms with Gasteiger partial charge in [-0.15, -0.1) is 0 Å². The number of aromatic carboxylic acids is 1. The number of carboxylic acid groups (broad SMARTS) is 1. The van der Waals surface area contributed by atoms with Crippen LogP contribution >= 0.6 is 0 Å². The van der Waals surface area contributed by atoms with Gasteiger partial charge in [0, 0.05) is 18.7 Å². The highest BCUT2D eigenvalue weighted by atomic mass is 16.6. The number of aromatic nitrogens is 1. The standard InChI is InChI=1S/C16H14N2O5/c1-10(2)9-17-14(8-7-13(15(17)19)16(20)21)11-3-5-12(6-4-11)18(22)23/h3-8H,1,9H2,2H3,(H,20,21). The van der Waals surface area contributed by atoms with E-state index in [0.29, 0.717) is 16.8 Å². The number of non-ortho nitro benzene ring substituents is 1. The van der Waals surface area contributed by atoms with Gasteiger partial charge < -0.3 is 9.67 Å². The molecule has 7 heteroatoms. The van der Waals surface area contributed by atoms with Gasteiger partial charge in [-0.1, -0.05) is 12.2 Å². The maximum atomic E-state index is 12.3. The highest BCUT2D eigenvalue weighted by molar-refractivity contribution is 5.87. The van der Waals surface area contributed by atoms with E-state index in [1.54, 1.807) is 6.92 Å². The molecule has 1 heterocycles. The van der Waals surface area contributed by atoms with Crippen LogP contribution in [-0.2, 0) is 6.54 Å². The molecule has 0 fully saturated rings. The van der Waals surface area contributed by atoms with Gasteiger partial charge in [0.15, 0.2) is 0 Å². The third-order valence-electron chi connectivity index (χ3n) is 3.21. The molecule has 0 aliphatic carbocycles. The van der Waals surface area contributed by atoms with Gasteiger partial charge in [-0.2, -0.15) is 0 Å². The maximum absolute atomic E-state index is 12.3. The fourth-order valence-corrected chi connectivity index (χ4v) is 2.17. The maximum Gasteiger partial charge on any atom is 0.341 e. The number of allylic oxidation sites excluding steroid dienone is 1. The van der Waals surface area contributed by atoms with Crippen LogP contribution < -0.4 is 5.56 Å². The zero-order valence-corrected chi connectivity index (χ0v) is 12.4. The zero-order chi connectivity index (χ0) is 17.1. The molecule has 1 aromatic heterocycles. The summed E-state index contributed by atoms with van der Waals surface area (Å²) in [7, 11) is 0. The lowest BCUT2D eigenvalue weighted by Crippen LogP contribution is -2.27. The molecule has 1 aromatic carbocycles. The van der Waals surface area contributed by atoms with E-state index in [1.165, 1.54) is 41.0 Å². The van der Waals surface area contributed by atoms with Gasteiger partial charge >= 0.3 is 5.97 Å². The Morgan fingerprint density at radius 3 is 2.35 bits per heavy atom. The normalized spacial score (nSPS) is 10.3. The van der Waals surface area contributed by atoms with Crippen LogP contribution in [-0.4, -0.2) is 20.6 Å². The van der Waals surface area contributed by atoms with Crippen molar-refractivity contribution in [1.29, 1.82) is 0 Å². The largest absolute Gasteiger partial charge is 0.477 e. The minimum absolute atomic E-state index is 0.0651. The Balaban J connectivity index is 2.63. The number of benzene rings is 1. The molecule has 0 radical (unpaired) electrons. The molecule has 0 spiro atoms. The van der Waals surface area contributed by atoms with Crippen molar-refractivity contribution in [3.8, 4) is 11.3 Å². The van der Waals surface area contributed by atoms with Gasteiger partial charge in [-0.3, -0.25) is 14.9 Å². The molecule has 0 atom stereocenters. The van der Waals surface area contributed by atoms with Crippen LogP contribution in [0.4, 0.5) is 5.69 Å². The smallest absolute Gasteiger partial charge is 0.341 e. The molecule has 7 nitrogen and oxygen atoms in total. The summed E-state index contributed by atoms with van der Waals surface area (Å²) in [5.41, 5.74) is 0.680. The Kier molecular flexibility index (Phi) is 4.40. The number of pyridine rings is 1. The number of rotatable bonds is 5. The highest BCUT2D eigenvalue weighted by Gasteiger charge is 2.15. The monoisotopic (exact) mass is 314 g/mol. The van der Waals surface area contributed by atoms with E-state index in [2.05, 4.69) is 6.58 Å². The first kappa shape index (κ1) is 16.2. The molecular weight excluding hydrogens is 300 g/mol. The fraction of sp³-hybridized carbons (Fsp3) is 0.125. The van der Waals surface area contributed by atoms with Crippen molar-refractivity contribution < 1.29 is 14.8 Å². The predicted octanol–water partition coefficient (Wildman–Crippen LogP) is 2.70. The number of nitro groups is 1. The summed E-state index contributed by atoms with van der Waals surface area (Å²) < 4.78 is 1.30. The summed E-state index contributed by atoms with van der Waals surface area (Å²) in [6.07, 6.45) is 0. The topological polar surface area (TPSA) is 102 Å². The summed E-state index contributed by atoms with van der Waals surface area (Å²) in [5, 5.41) is 19.8. The second-order valence-electron chi connectivity index (χ2n) is 5.09. The SMILES string of the molecule is C=C(C)Cn1c(-c2ccc([N+](=O)[O-])cc2)ccc(C(=O)O)c1=O. The van der Waals surface area contributed by atoms with E-state index in [0.717, 1.165) is 0 Å². The molecular formula is C16H14N2O5. The molecule has 2 aromatic rings. The fourth-order valence-electron chi connectivity index (χ4n) is 2.17. The number of hydrogen-bond donors (Lipinski definition) is 1. The molecule has 0 bridgehead atoms. The average molecular weight is 314 g/mol. The lowest BCUT2D eigenvalue weighted by atomic mass is 10.1. The molecule has 0 saturated carbocycles. The zero-order valence-electron chi connectivity index (χ0n) is 12.4. The van der Waals surface area contributed by atoms with Gasteiger partial charge in [-0.05, 0) is 36.8 Å². The lowest BCUT2D eigenvalue weighted by molar-refractivity contribution is -0.384. The van der Waals surface area contributed by atoms with Crippen molar-refractivity contribution >= 4 is 11.7 Å². The van der Waals surface area contributed by atoms with Crippen LogP contribution in [0.1, 0.15) is 17.3 Å². The minimum atomic E-state index is -1.30. The lowest BCUT2D eigenvalue weighted by Gasteiger charge is -2.14. The summed E-state index contributed by atoms with van der Waals surface area (Å²) in [4.78, 5) is 33.7. The number of carbonyl (C=O) groups is 1. The van der Waals surface area contributed by atoms with E-state index < -0.39 is 16.5 Å². The Morgan fingerprint density at radius 2 is 1.87 bits per heavy atom. The van der Waals surface area contributed by atoms with Gasteiger partial charge in [0.25, 0.3) is 11.2 Å². The van der Waals surface area contributed by atoms with E-state index in [-0.39, 0.29) is 17.8 Å². The Morgan fingerprint density at radius 1 is 1.26 bits per heavy atom. The second kappa shape index (κ2) is 6.27. The number of hydrogen-bond acceptors (Lipinski definition) is 4. The van der Waals surface area contributed by atoms with Crippen LogP contribution in [0.2, 0.25) is 0 Å². The Bertz CT molecular complexity index is 850. The average Bonchev–Trinajstić information content (AvgIpc) is 2.48. The Hall–Kier alpha value is -3.22. The first-order valence-corrected chi connectivity index (χ1v) is 6.67. The Labute approximate surface area is 131 Å². The first-order chi connectivity index (χ1) is 10.8. The van der Waals surface area contributed by atoms with Gasteiger partial charge in [0.1, 0.15) is 5.56 Å². The van der Waals surface area contributed by atoms with E-state index in [9.17, 15) is 19.7 Å². The van der Waals surface area contributed by atoms with E-state index in [4.69, 9.17) is 5.11 Å². The molecule has 0 saturated heterocycles. The molecule has 0 amide bonds. The first-order valence-electron chi connectivity index (χ1n) is 6.67. The van der Waals surface area contributed by atoms with Crippen molar-refractivity contribution in [2.75, 3.05) is 0 Å². The number of nitro benzene ring substituents is 1. The quantitative estimate of drug-likeness (QED) is 0.519. The van der Waals surface area contributed by atoms with Crippen molar-refractivity contribution in [2.45, 2.75) is 13.5 Å². The second-order valence-corrected chi connectivity index (χ2v) is 5.09. The summed E-state index contributed by atoms with van der Waals surface area (Å²) in [6, 6.07) is 8.43. The third-order valence-corrected chi connectivity index (χ3v) is 3.21. The van der Waals surface area contributed by atoms with E-state index in [1.807, 2.05) is 0 Å². The number of nitrogens with zero attached hydrogens (tertiary/aromatic N) is 2.